The fraction of sp³-hybridized carbons (Fsp3) is 0.192. The van der Waals surface area contributed by atoms with E-state index < -0.39 is 0 Å². The Bertz CT molecular complexity index is 1210. The summed E-state index contributed by atoms with van der Waals surface area (Å²) in [5.74, 6) is 0.789. The van der Waals surface area contributed by atoms with Gasteiger partial charge >= 0.3 is 0 Å². The first-order valence-electron chi connectivity index (χ1n) is 10.5. The summed E-state index contributed by atoms with van der Waals surface area (Å²) in [5, 5.41) is 6.84. The molecule has 0 aliphatic carbocycles. The van der Waals surface area contributed by atoms with Crippen molar-refractivity contribution in [1.82, 2.24) is 5.43 Å². The monoisotopic (exact) mass is 461 g/mol. The Kier molecular flexibility index (Phi) is 8.23. The molecular formula is C26H27N3O5. The number of hydrazone groups is 1. The molecule has 0 saturated heterocycles. The van der Waals surface area contributed by atoms with E-state index in [2.05, 4.69) is 15.8 Å². The number of nitrogens with zero attached hydrogens (tertiary/aromatic N) is 1. The number of ether oxygens (including phenoxy) is 3. The summed E-state index contributed by atoms with van der Waals surface area (Å²) in [7, 11) is 3.04. The van der Waals surface area contributed by atoms with E-state index in [9.17, 15) is 9.59 Å². The van der Waals surface area contributed by atoms with Crippen LogP contribution in [0.5, 0.6) is 17.2 Å². The standard InChI is InChI=1S/C26H27N3O5/c1-17-8-9-18(2)22(12-17)28-25(30)16-34-23-11-10-19(13-24(23)33-4)15-27-29-26(31)20-6-5-7-21(14-20)32-3/h5-15H,16H2,1-4H3,(H,28,30)(H,29,31). The molecule has 0 saturated carbocycles. The molecule has 2 amide bonds. The number of methoxy groups -OCH3 is 2. The molecule has 0 radical (unpaired) electrons. The first-order valence-corrected chi connectivity index (χ1v) is 10.5. The third-order valence-corrected chi connectivity index (χ3v) is 4.93. The second-order valence-electron chi connectivity index (χ2n) is 7.50. The summed E-state index contributed by atoms with van der Waals surface area (Å²) in [6.07, 6.45) is 1.48. The topological polar surface area (TPSA) is 98.3 Å². The lowest BCUT2D eigenvalue weighted by Gasteiger charge is -2.12. The number of carbonyl (C=O) groups is 2. The molecule has 0 aromatic heterocycles. The van der Waals surface area contributed by atoms with Gasteiger partial charge in [0.05, 0.1) is 20.4 Å². The molecule has 34 heavy (non-hydrogen) atoms. The molecule has 0 aliphatic rings. The predicted molar refractivity (Wildman–Crippen MR) is 131 cm³/mol. The Balaban J connectivity index is 1.58. The van der Waals surface area contributed by atoms with Crippen molar-refractivity contribution < 1.29 is 23.8 Å². The van der Waals surface area contributed by atoms with Gasteiger partial charge in [0.25, 0.3) is 11.8 Å². The highest BCUT2D eigenvalue weighted by Gasteiger charge is 2.10. The Morgan fingerprint density at radius 2 is 1.76 bits per heavy atom. The van der Waals surface area contributed by atoms with Crippen LogP contribution in [0.2, 0.25) is 0 Å². The smallest absolute Gasteiger partial charge is 0.271 e. The van der Waals surface area contributed by atoms with Crippen LogP contribution in [-0.4, -0.2) is 38.9 Å². The summed E-state index contributed by atoms with van der Waals surface area (Å²) in [5.41, 5.74) is 6.36. The summed E-state index contributed by atoms with van der Waals surface area (Å²) < 4.78 is 16.1. The van der Waals surface area contributed by atoms with Crippen molar-refractivity contribution in [3.05, 3.63) is 82.9 Å². The lowest BCUT2D eigenvalue weighted by atomic mass is 10.1. The molecule has 0 atom stereocenters. The minimum atomic E-state index is -0.364. The molecule has 0 spiro atoms. The van der Waals surface area contributed by atoms with E-state index in [0.29, 0.717) is 28.4 Å². The van der Waals surface area contributed by atoms with Crippen molar-refractivity contribution >= 4 is 23.7 Å². The quantitative estimate of drug-likeness (QED) is 0.369. The van der Waals surface area contributed by atoms with Crippen molar-refractivity contribution in [1.29, 1.82) is 0 Å². The van der Waals surface area contributed by atoms with Crippen LogP contribution < -0.4 is 25.0 Å². The van der Waals surface area contributed by atoms with Gasteiger partial charge in [-0.15, -0.1) is 0 Å². The zero-order chi connectivity index (χ0) is 24.5. The van der Waals surface area contributed by atoms with E-state index in [1.54, 1.807) is 42.5 Å². The molecule has 3 aromatic carbocycles. The van der Waals surface area contributed by atoms with Crippen LogP contribution in [0.25, 0.3) is 0 Å². The first-order chi connectivity index (χ1) is 16.4. The average molecular weight is 462 g/mol. The molecule has 8 heteroatoms. The fourth-order valence-electron chi connectivity index (χ4n) is 3.08. The minimum Gasteiger partial charge on any atom is -0.497 e. The SMILES string of the molecule is COc1cccc(C(=O)NN=Cc2ccc(OCC(=O)Nc3cc(C)ccc3C)c(OC)c2)c1. The fourth-order valence-corrected chi connectivity index (χ4v) is 3.08. The van der Waals surface area contributed by atoms with E-state index in [4.69, 9.17) is 14.2 Å². The molecule has 2 N–H and O–H groups in total. The summed E-state index contributed by atoms with van der Waals surface area (Å²) in [4.78, 5) is 24.6. The molecule has 0 heterocycles. The number of rotatable bonds is 9. The predicted octanol–water partition coefficient (Wildman–Crippen LogP) is 4.10. The van der Waals surface area contributed by atoms with Crippen molar-refractivity contribution in [2.24, 2.45) is 5.10 Å². The van der Waals surface area contributed by atoms with Crippen LogP contribution in [-0.2, 0) is 4.79 Å². The molecule has 176 valence electrons. The van der Waals surface area contributed by atoms with Crippen molar-refractivity contribution in [3.8, 4) is 17.2 Å². The van der Waals surface area contributed by atoms with Crippen LogP contribution in [0, 0.1) is 13.8 Å². The van der Waals surface area contributed by atoms with Crippen LogP contribution in [0.4, 0.5) is 5.69 Å². The number of carbonyl (C=O) groups excluding carboxylic acids is 2. The highest BCUT2D eigenvalue weighted by Crippen LogP contribution is 2.27. The van der Waals surface area contributed by atoms with Gasteiger partial charge in [-0.2, -0.15) is 5.10 Å². The number of hydrogen-bond donors (Lipinski definition) is 2. The number of anilines is 1. The molecule has 0 bridgehead atoms. The second-order valence-corrected chi connectivity index (χ2v) is 7.50. The Morgan fingerprint density at radius 1 is 0.941 bits per heavy atom. The maximum Gasteiger partial charge on any atom is 0.271 e. The van der Waals surface area contributed by atoms with Gasteiger partial charge in [-0.05, 0) is 73.0 Å². The second kappa shape index (κ2) is 11.5. The van der Waals surface area contributed by atoms with E-state index in [1.807, 2.05) is 32.0 Å². The van der Waals surface area contributed by atoms with Gasteiger partial charge in [0, 0.05) is 11.3 Å². The Hall–Kier alpha value is -4.33. The maximum absolute atomic E-state index is 12.3. The number of aryl methyl sites for hydroxylation is 2. The Labute approximate surface area is 198 Å². The number of hydrogen-bond acceptors (Lipinski definition) is 6. The van der Waals surface area contributed by atoms with Gasteiger partial charge in [0.15, 0.2) is 18.1 Å². The average Bonchev–Trinajstić information content (AvgIpc) is 2.85. The van der Waals surface area contributed by atoms with Crippen molar-refractivity contribution in [2.45, 2.75) is 13.8 Å². The van der Waals surface area contributed by atoms with Gasteiger partial charge in [-0.3, -0.25) is 9.59 Å². The molecule has 3 rings (SSSR count). The molecule has 8 nitrogen and oxygen atoms in total. The van der Waals surface area contributed by atoms with Crippen molar-refractivity contribution in [3.63, 3.8) is 0 Å². The highest BCUT2D eigenvalue weighted by molar-refractivity contribution is 5.95. The first kappa shape index (κ1) is 24.3. The van der Waals surface area contributed by atoms with Gasteiger partial charge in [0.2, 0.25) is 0 Å². The molecule has 0 fully saturated rings. The number of benzene rings is 3. The van der Waals surface area contributed by atoms with Crippen molar-refractivity contribution in [2.75, 3.05) is 26.1 Å². The lowest BCUT2D eigenvalue weighted by Crippen LogP contribution is -2.21. The normalized spacial score (nSPS) is 10.6. The Morgan fingerprint density at radius 3 is 2.53 bits per heavy atom. The largest absolute Gasteiger partial charge is 0.497 e. The van der Waals surface area contributed by atoms with E-state index in [-0.39, 0.29) is 18.4 Å². The van der Waals surface area contributed by atoms with Gasteiger partial charge in [-0.1, -0.05) is 18.2 Å². The number of nitrogens with one attached hydrogen (secondary N) is 2. The van der Waals surface area contributed by atoms with Gasteiger partial charge in [-0.25, -0.2) is 5.43 Å². The summed E-state index contributed by atoms with van der Waals surface area (Å²) in [6.45, 7) is 3.72. The molecule has 0 unspecified atom stereocenters. The van der Waals surface area contributed by atoms with Gasteiger partial charge in [0.1, 0.15) is 5.75 Å². The zero-order valence-electron chi connectivity index (χ0n) is 19.5. The van der Waals surface area contributed by atoms with E-state index in [0.717, 1.165) is 16.8 Å². The molecular weight excluding hydrogens is 434 g/mol. The zero-order valence-corrected chi connectivity index (χ0v) is 19.5. The lowest BCUT2D eigenvalue weighted by molar-refractivity contribution is -0.118. The molecule has 3 aromatic rings. The maximum atomic E-state index is 12.3. The van der Waals surface area contributed by atoms with Crippen LogP contribution in [0.15, 0.2) is 65.8 Å². The highest BCUT2D eigenvalue weighted by atomic mass is 16.5. The summed E-state index contributed by atoms with van der Waals surface area (Å²) >= 11 is 0. The summed E-state index contributed by atoms with van der Waals surface area (Å²) in [6, 6.07) is 17.7. The van der Waals surface area contributed by atoms with E-state index in [1.165, 1.54) is 20.4 Å². The van der Waals surface area contributed by atoms with Gasteiger partial charge < -0.3 is 19.5 Å². The minimum absolute atomic E-state index is 0.173. The third kappa shape index (κ3) is 6.59. The van der Waals surface area contributed by atoms with E-state index >= 15 is 0 Å². The molecule has 0 aliphatic heterocycles. The third-order valence-electron chi connectivity index (χ3n) is 4.93. The van der Waals surface area contributed by atoms with Crippen LogP contribution in [0.3, 0.4) is 0 Å². The number of amides is 2. The van der Waals surface area contributed by atoms with Crippen LogP contribution in [0.1, 0.15) is 27.0 Å². The van der Waals surface area contributed by atoms with Crippen LogP contribution >= 0.6 is 0 Å².